The fourth-order valence-electron chi connectivity index (χ4n) is 2.99. The monoisotopic (exact) mass is 670 g/mol. The third kappa shape index (κ3) is 8.50. The molecule has 3 aromatic carbocycles. The normalized spacial score (nSPS) is 10.6. The fourth-order valence-corrected chi connectivity index (χ4v) is 4.30. The largest absolute Gasteiger partial charge is 0.497 e. The van der Waals surface area contributed by atoms with Gasteiger partial charge in [-0.1, -0.05) is 23.2 Å². The molecule has 10 nitrogen and oxygen atoms in total. The van der Waals surface area contributed by atoms with E-state index < -0.39 is 17.7 Å². The highest BCUT2D eigenvalue weighted by Gasteiger charge is 2.15. The molecule has 13 heteroatoms. The first kappa shape index (κ1) is 29.0. The minimum absolute atomic E-state index is 0.302. The highest BCUT2D eigenvalue weighted by Crippen LogP contribution is 2.33. The lowest BCUT2D eigenvalue weighted by molar-refractivity contribution is -0.136. The van der Waals surface area contributed by atoms with Gasteiger partial charge in [-0.15, -0.1) is 0 Å². The van der Waals surface area contributed by atoms with Gasteiger partial charge in [-0.25, -0.2) is 5.43 Å². The minimum atomic E-state index is -0.953. The van der Waals surface area contributed by atoms with Crippen LogP contribution in [0.25, 0.3) is 0 Å². The molecular formula is C25H21Cl2IN4O6. The first-order valence-corrected chi connectivity index (χ1v) is 12.6. The van der Waals surface area contributed by atoms with Crippen molar-refractivity contribution in [1.29, 1.82) is 0 Å². The summed E-state index contributed by atoms with van der Waals surface area (Å²) in [7, 11) is 2.97. The van der Waals surface area contributed by atoms with Crippen LogP contribution >= 0.6 is 45.8 Å². The highest BCUT2D eigenvalue weighted by atomic mass is 127. The van der Waals surface area contributed by atoms with Gasteiger partial charge in [-0.05, 0) is 82.8 Å². The van der Waals surface area contributed by atoms with Crippen LogP contribution in [-0.4, -0.2) is 44.8 Å². The van der Waals surface area contributed by atoms with Crippen molar-refractivity contribution >= 4 is 81.1 Å². The van der Waals surface area contributed by atoms with Gasteiger partial charge in [0.25, 0.3) is 5.91 Å². The van der Waals surface area contributed by atoms with Gasteiger partial charge in [-0.3, -0.25) is 14.4 Å². The number of ether oxygens (including phenoxy) is 3. The lowest BCUT2D eigenvalue weighted by Crippen LogP contribution is -2.32. The molecule has 0 bridgehead atoms. The number of nitrogens with zero attached hydrogens (tertiary/aromatic N) is 1. The van der Waals surface area contributed by atoms with Gasteiger partial charge in [0.1, 0.15) is 5.75 Å². The van der Waals surface area contributed by atoms with Crippen molar-refractivity contribution < 1.29 is 28.6 Å². The van der Waals surface area contributed by atoms with Gasteiger partial charge >= 0.3 is 11.8 Å². The summed E-state index contributed by atoms with van der Waals surface area (Å²) in [4.78, 5) is 36.5. The van der Waals surface area contributed by atoms with E-state index in [1.807, 2.05) is 22.6 Å². The van der Waals surface area contributed by atoms with Crippen LogP contribution in [0.1, 0.15) is 5.56 Å². The molecule has 0 saturated heterocycles. The second-order valence-corrected chi connectivity index (χ2v) is 9.45. The molecule has 198 valence electrons. The molecule has 0 spiro atoms. The van der Waals surface area contributed by atoms with Crippen molar-refractivity contribution in [3.05, 3.63) is 73.8 Å². The molecule has 0 saturated carbocycles. The zero-order valence-corrected chi connectivity index (χ0v) is 23.7. The molecule has 3 rings (SSSR count). The van der Waals surface area contributed by atoms with E-state index in [0.717, 1.165) is 0 Å². The number of hydrogen-bond donors (Lipinski definition) is 3. The average molecular weight is 671 g/mol. The van der Waals surface area contributed by atoms with Gasteiger partial charge in [0.15, 0.2) is 18.1 Å². The number of carbonyl (C=O) groups is 3. The van der Waals surface area contributed by atoms with Gasteiger partial charge in [-0.2, -0.15) is 5.10 Å². The summed E-state index contributed by atoms with van der Waals surface area (Å²) >= 11 is 13.9. The zero-order valence-electron chi connectivity index (χ0n) is 20.0. The number of hydrogen-bond acceptors (Lipinski definition) is 7. The number of hydrazone groups is 1. The molecule has 0 fully saturated rings. The molecule has 0 atom stereocenters. The van der Waals surface area contributed by atoms with Crippen molar-refractivity contribution in [2.75, 3.05) is 31.5 Å². The maximum absolute atomic E-state index is 12.3. The van der Waals surface area contributed by atoms with Gasteiger partial charge in [0, 0.05) is 21.4 Å². The van der Waals surface area contributed by atoms with Crippen LogP contribution in [0, 0.1) is 3.57 Å². The van der Waals surface area contributed by atoms with Crippen LogP contribution in [-0.2, 0) is 14.4 Å². The van der Waals surface area contributed by atoms with E-state index in [0.29, 0.717) is 47.8 Å². The van der Waals surface area contributed by atoms with E-state index in [1.165, 1.54) is 20.4 Å². The fraction of sp³-hybridized carbons (Fsp3) is 0.120. The molecule has 0 heterocycles. The predicted octanol–water partition coefficient (Wildman–Crippen LogP) is 4.72. The Morgan fingerprint density at radius 3 is 2.21 bits per heavy atom. The summed E-state index contributed by atoms with van der Waals surface area (Å²) in [5.74, 6) is -0.979. The lowest BCUT2D eigenvalue weighted by Gasteiger charge is -2.13. The Labute approximate surface area is 241 Å². The molecule has 3 amide bonds. The first-order chi connectivity index (χ1) is 18.2. The third-order valence-corrected chi connectivity index (χ3v) is 5.92. The molecular weight excluding hydrogens is 650 g/mol. The van der Waals surface area contributed by atoms with Gasteiger partial charge in [0.2, 0.25) is 0 Å². The average Bonchev–Trinajstić information content (AvgIpc) is 2.87. The summed E-state index contributed by atoms with van der Waals surface area (Å²) < 4.78 is 16.7. The number of anilines is 2. The number of halogens is 3. The van der Waals surface area contributed by atoms with Gasteiger partial charge < -0.3 is 24.8 Å². The molecule has 0 aliphatic carbocycles. The van der Waals surface area contributed by atoms with E-state index in [9.17, 15) is 14.4 Å². The van der Waals surface area contributed by atoms with Crippen molar-refractivity contribution in [2.24, 2.45) is 5.10 Å². The van der Waals surface area contributed by atoms with Crippen LogP contribution in [0.5, 0.6) is 17.2 Å². The Morgan fingerprint density at radius 1 is 0.895 bits per heavy atom. The van der Waals surface area contributed by atoms with E-state index in [4.69, 9.17) is 37.4 Å². The maximum Gasteiger partial charge on any atom is 0.329 e. The predicted molar refractivity (Wildman–Crippen MR) is 154 cm³/mol. The first-order valence-electron chi connectivity index (χ1n) is 10.7. The molecule has 0 aliphatic rings. The molecule has 0 aromatic heterocycles. The summed E-state index contributed by atoms with van der Waals surface area (Å²) in [6.45, 7) is -0.302. The van der Waals surface area contributed by atoms with Crippen molar-refractivity contribution in [2.45, 2.75) is 0 Å². The van der Waals surface area contributed by atoms with Crippen molar-refractivity contribution in [1.82, 2.24) is 5.43 Å². The van der Waals surface area contributed by atoms with Gasteiger partial charge in [0.05, 0.1) is 24.0 Å². The molecule has 0 aliphatic heterocycles. The Kier molecular flexibility index (Phi) is 10.6. The Morgan fingerprint density at radius 2 is 1.58 bits per heavy atom. The van der Waals surface area contributed by atoms with Crippen LogP contribution in [0.2, 0.25) is 10.0 Å². The lowest BCUT2D eigenvalue weighted by atomic mass is 10.2. The number of rotatable bonds is 9. The third-order valence-electron chi connectivity index (χ3n) is 4.68. The number of benzene rings is 3. The minimum Gasteiger partial charge on any atom is -0.497 e. The molecule has 3 aromatic rings. The number of methoxy groups -OCH3 is 2. The SMILES string of the molecule is COc1ccc(NC(=O)C(=O)N/N=C\c2cc(I)c(OCC(=O)Nc3cc(Cl)cc(Cl)c3)c(OC)c2)cc1. The van der Waals surface area contributed by atoms with Crippen LogP contribution < -0.4 is 30.3 Å². The Bertz CT molecular complexity index is 1350. The summed E-state index contributed by atoms with van der Waals surface area (Å²) in [5, 5.41) is 9.70. The van der Waals surface area contributed by atoms with E-state index in [2.05, 4.69) is 21.2 Å². The topological polar surface area (TPSA) is 127 Å². The van der Waals surface area contributed by atoms with Crippen LogP contribution in [0.4, 0.5) is 11.4 Å². The van der Waals surface area contributed by atoms with E-state index in [1.54, 1.807) is 54.6 Å². The van der Waals surface area contributed by atoms with Crippen LogP contribution in [0.3, 0.4) is 0 Å². The maximum atomic E-state index is 12.3. The number of nitrogens with one attached hydrogen (secondary N) is 3. The summed E-state index contributed by atoms with van der Waals surface area (Å²) in [5.41, 5.74) is 3.57. The summed E-state index contributed by atoms with van der Waals surface area (Å²) in [6.07, 6.45) is 1.34. The molecule has 3 N–H and O–H groups in total. The quantitative estimate of drug-likeness (QED) is 0.131. The van der Waals surface area contributed by atoms with Crippen molar-refractivity contribution in [3.8, 4) is 17.2 Å². The van der Waals surface area contributed by atoms with E-state index in [-0.39, 0.29) is 6.61 Å². The van der Waals surface area contributed by atoms with E-state index >= 15 is 0 Å². The molecule has 0 unspecified atom stereocenters. The van der Waals surface area contributed by atoms with Crippen molar-refractivity contribution in [3.63, 3.8) is 0 Å². The molecule has 38 heavy (non-hydrogen) atoms. The Hall–Kier alpha value is -3.55. The summed E-state index contributed by atoms with van der Waals surface area (Å²) in [6, 6.07) is 14.5. The zero-order chi connectivity index (χ0) is 27.7. The Balaban J connectivity index is 1.57. The standard InChI is InChI=1S/C25H21Cl2IN4O6/c1-36-19-5-3-17(4-6-19)31-24(34)25(35)32-29-12-14-7-20(28)23(21(8-14)37-2)38-13-22(33)30-18-10-15(26)9-16(27)11-18/h3-12H,13H2,1-2H3,(H,30,33)(H,31,34)(H,32,35)/b29-12-. The number of amides is 3. The second kappa shape index (κ2) is 13.8. The number of carbonyl (C=O) groups excluding carboxylic acids is 3. The highest BCUT2D eigenvalue weighted by molar-refractivity contribution is 14.1. The molecule has 0 radical (unpaired) electrons. The second-order valence-electron chi connectivity index (χ2n) is 7.41. The smallest absolute Gasteiger partial charge is 0.329 e. The van der Waals surface area contributed by atoms with Crippen LogP contribution in [0.15, 0.2) is 59.7 Å².